The van der Waals surface area contributed by atoms with Crippen LogP contribution in [0.15, 0.2) is 35.5 Å². The Morgan fingerprint density at radius 2 is 2.30 bits per heavy atom. The predicted octanol–water partition coefficient (Wildman–Crippen LogP) is 1.38. The molecule has 0 saturated carbocycles. The van der Waals surface area contributed by atoms with E-state index in [9.17, 15) is 9.59 Å². The minimum absolute atomic E-state index is 0.139. The van der Waals surface area contributed by atoms with E-state index in [2.05, 4.69) is 22.2 Å². The molecule has 2 aromatic rings. The fourth-order valence-corrected chi connectivity index (χ4v) is 2.06. The maximum atomic E-state index is 12.2. The van der Waals surface area contributed by atoms with Gasteiger partial charge in [0.2, 0.25) is 5.56 Å². The van der Waals surface area contributed by atoms with Gasteiger partial charge in [-0.25, -0.2) is 4.98 Å². The van der Waals surface area contributed by atoms with E-state index in [1.807, 2.05) is 17.8 Å². The van der Waals surface area contributed by atoms with Gasteiger partial charge in [-0.15, -0.1) is 0 Å². The lowest BCUT2D eigenvalue weighted by atomic mass is 10.1. The lowest BCUT2D eigenvalue weighted by Crippen LogP contribution is -2.30. The molecule has 1 unspecified atom stereocenters. The van der Waals surface area contributed by atoms with Gasteiger partial charge in [0.1, 0.15) is 5.82 Å². The van der Waals surface area contributed by atoms with Crippen molar-refractivity contribution in [3.8, 4) is 0 Å². The van der Waals surface area contributed by atoms with Crippen molar-refractivity contribution in [1.29, 1.82) is 0 Å². The standard InChI is InChI=1S/C14H18N4O2/c1-3-4-11(13-15-7-8-18(13)2)17-14(20)10-5-6-12(19)16-9-10/h5-9,11H,3-4H2,1-2H3,(H,16,19)(H,17,20). The van der Waals surface area contributed by atoms with Gasteiger partial charge in [0.25, 0.3) is 5.91 Å². The maximum Gasteiger partial charge on any atom is 0.253 e. The zero-order valence-corrected chi connectivity index (χ0v) is 11.6. The Bertz CT molecular complexity index is 624. The van der Waals surface area contributed by atoms with Crippen LogP contribution in [0.5, 0.6) is 0 Å². The Balaban J connectivity index is 2.16. The topological polar surface area (TPSA) is 79.8 Å². The molecule has 2 rings (SSSR count). The van der Waals surface area contributed by atoms with Crippen LogP contribution >= 0.6 is 0 Å². The highest BCUT2D eigenvalue weighted by Crippen LogP contribution is 2.16. The summed E-state index contributed by atoms with van der Waals surface area (Å²) in [6.07, 6.45) is 6.72. The second-order valence-electron chi connectivity index (χ2n) is 4.65. The van der Waals surface area contributed by atoms with E-state index in [-0.39, 0.29) is 17.5 Å². The summed E-state index contributed by atoms with van der Waals surface area (Å²) >= 11 is 0. The average Bonchev–Trinajstić information content (AvgIpc) is 2.85. The van der Waals surface area contributed by atoms with Crippen LogP contribution in [0.2, 0.25) is 0 Å². The highest BCUT2D eigenvalue weighted by Gasteiger charge is 2.18. The molecule has 20 heavy (non-hydrogen) atoms. The Kier molecular flexibility index (Phi) is 4.34. The van der Waals surface area contributed by atoms with Crippen molar-refractivity contribution in [3.05, 3.63) is 52.5 Å². The molecule has 106 valence electrons. The smallest absolute Gasteiger partial charge is 0.253 e. The zero-order valence-electron chi connectivity index (χ0n) is 11.6. The van der Waals surface area contributed by atoms with E-state index in [0.717, 1.165) is 18.7 Å². The number of amides is 1. The van der Waals surface area contributed by atoms with Crippen LogP contribution in [-0.4, -0.2) is 20.4 Å². The lowest BCUT2D eigenvalue weighted by Gasteiger charge is -2.17. The first-order valence-electron chi connectivity index (χ1n) is 6.58. The zero-order chi connectivity index (χ0) is 14.5. The molecule has 6 nitrogen and oxygen atoms in total. The number of aryl methyl sites for hydroxylation is 1. The van der Waals surface area contributed by atoms with Gasteiger partial charge in [-0.3, -0.25) is 9.59 Å². The van der Waals surface area contributed by atoms with Crippen LogP contribution in [0, 0.1) is 0 Å². The van der Waals surface area contributed by atoms with Crippen LogP contribution in [-0.2, 0) is 7.05 Å². The Hall–Kier alpha value is -2.37. The molecule has 0 radical (unpaired) electrons. The summed E-state index contributed by atoms with van der Waals surface area (Å²) in [5, 5.41) is 2.95. The number of nitrogens with one attached hydrogen (secondary N) is 2. The van der Waals surface area contributed by atoms with Crippen LogP contribution < -0.4 is 10.9 Å². The molecule has 2 N–H and O–H groups in total. The summed E-state index contributed by atoms with van der Waals surface area (Å²) in [6, 6.07) is 2.71. The number of pyridine rings is 1. The SMILES string of the molecule is CCCC(NC(=O)c1ccc(=O)[nH]c1)c1nccn1C. The molecule has 0 fully saturated rings. The molecule has 0 bridgehead atoms. The van der Waals surface area contributed by atoms with E-state index in [0.29, 0.717) is 5.56 Å². The highest BCUT2D eigenvalue weighted by atomic mass is 16.2. The molecular formula is C14H18N4O2. The largest absolute Gasteiger partial charge is 0.342 e. The molecule has 2 aromatic heterocycles. The van der Waals surface area contributed by atoms with Gasteiger partial charge < -0.3 is 14.9 Å². The second-order valence-corrected chi connectivity index (χ2v) is 4.65. The predicted molar refractivity (Wildman–Crippen MR) is 75.4 cm³/mol. The average molecular weight is 274 g/mol. The first-order chi connectivity index (χ1) is 9.61. The molecule has 1 atom stereocenters. The number of nitrogens with zero attached hydrogens (tertiary/aromatic N) is 2. The van der Waals surface area contributed by atoms with Gasteiger partial charge in [-0.05, 0) is 12.5 Å². The number of hydrogen-bond acceptors (Lipinski definition) is 3. The third-order valence-electron chi connectivity index (χ3n) is 3.10. The number of hydrogen-bond donors (Lipinski definition) is 2. The molecule has 1 amide bonds. The Morgan fingerprint density at radius 3 is 2.85 bits per heavy atom. The van der Waals surface area contributed by atoms with E-state index in [1.165, 1.54) is 18.3 Å². The fraction of sp³-hybridized carbons (Fsp3) is 0.357. The highest BCUT2D eigenvalue weighted by molar-refractivity contribution is 5.94. The van der Waals surface area contributed by atoms with Gasteiger partial charge in [0.05, 0.1) is 11.6 Å². The molecule has 2 heterocycles. The maximum absolute atomic E-state index is 12.2. The van der Waals surface area contributed by atoms with Crippen LogP contribution in [0.1, 0.15) is 42.0 Å². The van der Waals surface area contributed by atoms with E-state index in [1.54, 1.807) is 6.20 Å². The van der Waals surface area contributed by atoms with Crippen molar-refractivity contribution >= 4 is 5.91 Å². The van der Waals surface area contributed by atoms with Gasteiger partial charge in [-0.2, -0.15) is 0 Å². The third kappa shape index (κ3) is 3.14. The second kappa shape index (κ2) is 6.18. The number of carbonyl (C=O) groups excluding carboxylic acids is 1. The van der Waals surface area contributed by atoms with E-state index in [4.69, 9.17) is 0 Å². The van der Waals surface area contributed by atoms with Crippen molar-refractivity contribution in [1.82, 2.24) is 19.9 Å². The first-order valence-corrected chi connectivity index (χ1v) is 6.58. The summed E-state index contributed by atoms with van der Waals surface area (Å²) in [6.45, 7) is 2.06. The molecule has 0 saturated heterocycles. The molecule has 0 aliphatic rings. The van der Waals surface area contributed by atoms with Crippen LogP contribution in [0.25, 0.3) is 0 Å². The monoisotopic (exact) mass is 274 g/mol. The summed E-state index contributed by atoms with van der Waals surface area (Å²) < 4.78 is 1.90. The van der Waals surface area contributed by atoms with Crippen LogP contribution in [0.4, 0.5) is 0 Å². The lowest BCUT2D eigenvalue weighted by molar-refractivity contribution is 0.0931. The van der Waals surface area contributed by atoms with Crippen molar-refractivity contribution < 1.29 is 4.79 Å². The minimum Gasteiger partial charge on any atom is -0.342 e. The quantitative estimate of drug-likeness (QED) is 0.864. The van der Waals surface area contributed by atoms with Gasteiger partial charge in [0, 0.05) is 31.7 Å². The van der Waals surface area contributed by atoms with Gasteiger partial charge in [0.15, 0.2) is 0 Å². The van der Waals surface area contributed by atoms with Gasteiger partial charge in [-0.1, -0.05) is 13.3 Å². The third-order valence-corrected chi connectivity index (χ3v) is 3.10. The summed E-state index contributed by atoms with van der Waals surface area (Å²) in [5.41, 5.74) is 0.204. The molecule has 0 aromatic carbocycles. The van der Waals surface area contributed by atoms with E-state index < -0.39 is 0 Å². The summed E-state index contributed by atoms with van der Waals surface area (Å²) in [4.78, 5) is 30.0. The molecule has 0 aliphatic heterocycles. The molecule has 0 spiro atoms. The minimum atomic E-state index is -0.226. The number of aromatic amines is 1. The molecule has 0 aliphatic carbocycles. The molecular weight excluding hydrogens is 256 g/mol. The number of H-pyrrole nitrogens is 1. The number of rotatable bonds is 5. The van der Waals surface area contributed by atoms with Crippen molar-refractivity contribution in [2.75, 3.05) is 0 Å². The number of imidazole rings is 1. The van der Waals surface area contributed by atoms with E-state index >= 15 is 0 Å². The fourth-order valence-electron chi connectivity index (χ4n) is 2.06. The van der Waals surface area contributed by atoms with Crippen molar-refractivity contribution in [2.45, 2.75) is 25.8 Å². The van der Waals surface area contributed by atoms with Crippen molar-refractivity contribution in [3.63, 3.8) is 0 Å². The molecule has 6 heteroatoms. The van der Waals surface area contributed by atoms with Crippen molar-refractivity contribution in [2.24, 2.45) is 7.05 Å². The first kappa shape index (κ1) is 14.0. The Labute approximate surface area is 116 Å². The Morgan fingerprint density at radius 1 is 1.50 bits per heavy atom. The number of aromatic nitrogens is 3. The summed E-state index contributed by atoms with van der Waals surface area (Å²) in [7, 11) is 1.90. The summed E-state index contributed by atoms with van der Waals surface area (Å²) in [5.74, 6) is 0.604. The normalized spacial score (nSPS) is 12.1. The number of carbonyl (C=O) groups is 1. The van der Waals surface area contributed by atoms with Crippen LogP contribution in [0.3, 0.4) is 0 Å². The van der Waals surface area contributed by atoms with Gasteiger partial charge >= 0.3 is 0 Å².